The van der Waals surface area contributed by atoms with Gasteiger partial charge in [-0.2, -0.15) is 13.2 Å². The average Bonchev–Trinajstić information content (AvgIpc) is 3.27. The van der Waals surface area contributed by atoms with Crippen LogP contribution >= 0.6 is 0 Å². The number of nitrogens with zero attached hydrogens (tertiary/aromatic N) is 2. The molecule has 7 nitrogen and oxygen atoms in total. The predicted molar refractivity (Wildman–Crippen MR) is 157 cm³/mol. The highest BCUT2D eigenvalue weighted by Gasteiger charge is 2.38. The number of hydrogen-bond acceptors (Lipinski definition) is 4. The molecule has 3 N–H and O–H groups in total. The van der Waals surface area contributed by atoms with E-state index in [0.717, 1.165) is 41.8 Å². The van der Waals surface area contributed by atoms with Crippen molar-refractivity contribution in [1.82, 2.24) is 14.9 Å². The molecule has 1 heterocycles. The molecule has 0 spiro atoms. The van der Waals surface area contributed by atoms with Gasteiger partial charge in [0, 0.05) is 19.6 Å². The number of hydrogen-bond donors (Lipinski definition) is 3. The molecular weight excluding hydrogens is 547 g/mol. The van der Waals surface area contributed by atoms with Crippen molar-refractivity contribution in [3.63, 3.8) is 0 Å². The molecule has 42 heavy (non-hydrogen) atoms. The van der Waals surface area contributed by atoms with Crippen LogP contribution in [-0.4, -0.2) is 56.3 Å². The van der Waals surface area contributed by atoms with Crippen molar-refractivity contribution >= 4 is 23.0 Å². The molecule has 1 aromatic heterocycles. The van der Waals surface area contributed by atoms with E-state index >= 15 is 0 Å². The molecule has 0 aliphatic rings. The largest absolute Gasteiger partial charge is 0.490 e. The molecule has 0 aliphatic heterocycles. The average molecular weight is 584 g/mol. The van der Waals surface area contributed by atoms with Crippen LogP contribution in [0.5, 0.6) is 0 Å². The number of aryl methyl sites for hydroxylation is 1. The van der Waals surface area contributed by atoms with Gasteiger partial charge in [0.2, 0.25) is 0 Å². The lowest BCUT2D eigenvalue weighted by Crippen LogP contribution is -2.30. The number of imidazole rings is 1. The number of benzene rings is 3. The first-order valence-corrected chi connectivity index (χ1v) is 13.6. The number of halogens is 3. The molecular formula is C32H36F3N3O4. The Kier molecular flexibility index (Phi) is 10.5. The molecule has 224 valence electrons. The highest BCUT2D eigenvalue weighted by atomic mass is 19.4. The monoisotopic (exact) mass is 583 g/mol. The van der Waals surface area contributed by atoms with Gasteiger partial charge in [-0.1, -0.05) is 70.2 Å². The summed E-state index contributed by atoms with van der Waals surface area (Å²) in [5, 5.41) is 16.8. The lowest BCUT2D eigenvalue weighted by Gasteiger charge is -2.26. The molecule has 0 atom stereocenters. The number of alkyl halides is 3. The van der Waals surface area contributed by atoms with E-state index in [1.807, 2.05) is 13.0 Å². The first-order valence-electron chi connectivity index (χ1n) is 13.6. The Morgan fingerprint density at radius 1 is 0.857 bits per heavy atom. The zero-order valence-corrected chi connectivity index (χ0v) is 24.3. The molecule has 0 bridgehead atoms. The number of fused-ring (bicyclic) bond motifs is 1. The third-order valence-electron chi connectivity index (χ3n) is 6.31. The highest BCUT2D eigenvalue weighted by molar-refractivity contribution is 6.03. The van der Waals surface area contributed by atoms with Gasteiger partial charge in [0.25, 0.3) is 0 Å². The number of carboxylic acid groups (broad SMARTS) is 2. The Morgan fingerprint density at radius 2 is 1.40 bits per heavy atom. The Bertz CT molecular complexity index is 1520. The summed E-state index contributed by atoms with van der Waals surface area (Å²) in [5.74, 6) is -1.75. The van der Waals surface area contributed by atoms with Gasteiger partial charge < -0.3 is 15.2 Å². The second-order valence-electron chi connectivity index (χ2n) is 11.1. The van der Waals surface area contributed by atoms with Crippen molar-refractivity contribution in [2.24, 2.45) is 11.8 Å². The van der Waals surface area contributed by atoms with E-state index in [4.69, 9.17) is 9.90 Å². The van der Waals surface area contributed by atoms with Crippen molar-refractivity contribution in [1.29, 1.82) is 0 Å². The number of nitrogens with one attached hydrogen (secondary N) is 1. The Labute approximate surface area is 243 Å². The fourth-order valence-corrected chi connectivity index (χ4v) is 4.77. The van der Waals surface area contributed by atoms with Crippen LogP contribution in [0.3, 0.4) is 0 Å². The van der Waals surface area contributed by atoms with Crippen molar-refractivity contribution < 1.29 is 33.0 Å². The minimum atomic E-state index is -5.08. The zero-order chi connectivity index (χ0) is 31.2. The van der Waals surface area contributed by atoms with Crippen LogP contribution in [-0.2, 0) is 11.3 Å². The first kappa shape index (κ1) is 32.3. The minimum Gasteiger partial charge on any atom is -0.478 e. The van der Waals surface area contributed by atoms with Crippen molar-refractivity contribution in [3.05, 3.63) is 77.6 Å². The summed E-state index contributed by atoms with van der Waals surface area (Å²) >= 11 is 0. The van der Waals surface area contributed by atoms with Crippen LogP contribution in [0.15, 0.2) is 60.7 Å². The second-order valence-corrected chi connectivity index (χ2v) is 11.1. The van der Waals surface area contributed by atoms with Crippen LogP contribution in [0.1, 0.15) is 49.4 Å². The van der Waals surface area contributed by atoms with E-state index < -0.39 is 18.1 Å². The topological polar surface area (TPSA) is 107 Å². The third kappa shape index (κ3) is 8.91. The van der Waals surface area contributed by atoms with Gasteiger partial charge in [0.1, 0.15) is 11.3 Å². The molecule has 4 rings (SSSR count). The van der Waals surface area contributed by atoms with E-state index in [1.54, 1.807) is 6.07 Å². The molecule has 3 aromatic carbocycles. The SMILES string of the molecule is Cc1nc2c(C(=O)O)cc(-c3ccc(-c4cccc(CN(CC(C)C)CC(C)C)c4)cc3)cc2[nH]1.O=C(O)C(F)(F)F. The van der Waals surface area contributed by atoms with E-state index in [1.165, 1.54) is 11.1 Å². The Balaban J connectivity index is 0.000000616. The molecule has 0 aliphatic carbocycles. The van der Waals surface area contributed by atoms with Crippen LogP contribution in [0.2, 0.25) is 0 Å². The third-order valence-corrected chi connectivity index (χ3v) is 6.31. The summed E-state index contributed by atoms with van der Waals surface area (Å²) in [5.41, 5.74) is 6.93. The summed E-state index contributed by atoms with van der Waals surface area (Å²) in [7, 11) is 0. The standard InChI is InChI=1S/C30H35N3O2.C2HF3O2/c1-19(2)16-33(17-20(3)4)18-22-7-6-8-25(13-22)23-9-11-24(12-10-23)26-14-27(30(34)35)29-28(15-26)31-21(5)32-29;3-2(4,5)1(6)7/h6-15,19-20H,16-18H2,1-5H3,(H,31,32)(H,34,35);(H,6,7). The van der Waals surface area contributed by atoms with Crippen LogP contribution in [0.4, 0.5) is 13.2 Å². The normalized spacial score (nSPS) is 11.7. The number of carbonyl (C=O) groups is 2. The van der Waals surface area contributed by atoms with E-state index in [9.17, 15) is 23.1 Å². The molecule has 0 saturated heterocycles. The van der Waals surface area contributed by atoms with E-state index in [-0.39, 0.29) is 5.56 Å². The quantitative estimate of drug-likeness (QED) is 0.187. The maximum Gasteiger partial charge on any atom is 0.490 e. The lowest BCUT2D eigenvalue weighted by molar-refractivity contribution is -0.192. The first-order chi connectivity index (χ1) is 19.6. The van der Waals surface area contributed by atoms with Gasteiger partial charge in [0.15, 0.2) is 0 Å². The van der Waals surface area contributed by atoms with Crippen molar-refractivity contribution in [3.8, 4) is 22.3 Å². The van der Waals surface area contributed by atoms with Crippen LogP contribution < -0.4 is 0 Å². The fraction of sp³-hybridized carbons (Fsp3) is 0.344. The summed E-state index contributed by atoms with van der Waals surface area (Å²) in [6, 6.07) is 20.8. The number of H-pyrrole nitrogens is 1. The summed E-state index contributed by atoms with van der Waals surface area (Å²) in [6.45, 7) is 14.1. The molecule has 0 radical (unpaired) electrons. The molecule has 4 aromatic rings. The summed E-state index contributed by atoms with van der Waals surface area (Å²) < 4.78 is 31.7. The van der Waals surface area contributed by atoms with Gasteiger partial charge in [-0.15, -0.1) is 0 Å². The predicted octanol–water partition coefficient (Wildman–Crippen LogP) is 7.65. The van der Waals surface area contributed by atoms with E-state index in [2.05, 4.69) is 91.1 Å². The number of aliphatic carboxylic acids is 1. The zero-order valence-electron chi connectivity index (χ0n) is 24.3. The molecule has 0 saturated carbocycles. The van der Waals surface area contributed by atoms with Crippen LogP contribution in [0, 0.1) is 18.8 Å². The number of aromatic carboxylic acids is 1. The van der Waals surface area contributed by atoms with Gasteiger partial charge >= 0.3 is 18.1 Å². The molecule has 0 unspecified atom stereocenters. The van der Waals surface area contributed by atoms with Crippen LogP contribution in [0.25, 0.3) is 33.3 Å². The maximum atomic E-state index is 11.8. The van der Waals surface area contributed by atoms with Crippen molar-refractivity contribution in [2.75, 3.05) is 13.1 Å². The molecule has 0 fully saturated rings. The second kappa shape index (κ2) is 13.7. The highest BCUT2D eigenvalue weighted by Crippen LogP contribution is 2.29. The smallest absolute Gasteiger partial charge is 0.478 e. The van der Waals surface area contributed by atoms with Gasteiger partial charge in [0.05, 0.1) is 11.1 Å². The molecule has 10 heteroatoms. The van der Waals surface area contributed by atoms with E-state index in [0.29, 0.717) is 23.2 Å². The van der Waals surface area contributed by atoms with Gasteiger partial charge in [-0.3, -0.25) is 4.90 Å². The number of rotatable bonds is 9. The Hall–Kier alpha value is -4.18. The summed E-state index contributed by atoms with van der Waals surface area (Å²) in [4.78, 5) is 30.8. The number of aromatic amines is 1. The molecule has 0 amide bonds. The fourth-order valence-electron chi connectivity index (χ4n) is 4.77. The summed E-state index contributed by atoms with van der Waals surface area (Å²) in [6.07, 6.45) is -5.08. The lowest BCUT2D eigenvalue weighted by atomic mass is 9.97. The van der Waals surface area contributed by atoms with Gasteiger partial charge in [-0.25, -0.2) is 14.6 Å². The number of carboxylic acids is 2. The Morgan fingerprint density at radius 3 is 1.90 bits per heavy atom. The maximum absolute atomic E-state index is 11.8. The minimum absolute atomic E-state index is 0.214. The number of aromatic nitrogens is 2. The van der Waals surface area contributed by atoms with Crippen molar-refractivity contribution in [2.45, 2.75) is 47.3 Å². The van der Waals surface area contributed by atoms with Gasteiger partial charge in [-0.05, 0) is 64.8 Å².